The van der Waals surface area contributed by atoms with Gasteiger partial charge in [0, 0.05) is 12.0 Å². The number of nitrogens with zero attached hydrogens (tertiary/aromatic N) is 1. The van der Waals surface area contributed by atoms with E-state index in [2.05, 4.69) is 4.98 Å². The zero-order chi connectivity index (χ0) is 15.4. The summed E-state index contributed by atoms with van der Waals surface area (Å²) < 4.78 is 11.6. The van der Waals surface area contributed by atoms with E-state index in [-0.39, 0.29) is 6.61 Å². The van der Waals surface area contributed by atoms with Crippen molar-refractivity contribution in [3.63, 3.8) is 0 Å². The van der Waals surface area contributed by atoms with Crippen molar-refractivity contribution in [1.82, 2.24) is 4.98 Å². The van der Waals surface area contributed by atoms with Gasteiger partial charge in [0.1, 0.15) is 5.75 Å². The molecule has 0 unspecified atom stereocenters. The zero-order valence-electron chi connectivity index (χ0n) is 12.3. The SMILES string of the molecule is CCc1oc(-c2ccccc2)nc1Oc1ccc(CO)cc1. The molecule has 112 valence electrons. The van der Waals surface area contributed by atoms with E-state index in [1.165, 1.54) is 0 Å². The molecule has 0 amide bonds. The van der Waals surface area contributed by atoms with Gasteiger partial charge in [0.2, 0.25) is 5.89 Å². The molecule has 0 fully saturated rings. The van der Waals surface area contributed by atoms with Crippen LogP contribution in [0.15, 0.2) is 59.0 Å². The fourth-order valence-electron chi connectivity index (χ4n) is 2.12. The van der Waals surface area contributed by atoms with Gasteiger partial charge in [-0.1, -0.05) is 37.3 Å². The first-order valence-electron chi connectivity index (χ1n) is 7.23. The van der Waals surface area contributed by atoms with Crippen molar-refractivity contribution in [1.29, 1.82) is 0 Å². The van der Waals surface area contributed by atoms with Crippen LogP contribution in [0.5, 0.6) is 11.6 Å². The first-order valence-corrected chi connectivity index (χ1v) is 7.23. The Kier molecular flexibility index (Phi) is 4.21. The van der Waals surface area contributed by atoms with E-state index in [1.54, 1.807) is 0 Å². The fourth-order valence-corrected chi connectivity index (χ4v) is 2.12. The summed E-state index contributed by atoms with van der Waals surface area (Å²) in [6.45, 7) is 2.01. The predicted octanol–water partition coefficient (Wildman–Crippen LogP) is 4.19. The lowest BCUT2D eigenvalue weighted by molar-refractivity contribution is 0.281. The van der Waals surface area contributed by atoms with Crippen molar-refractivity contribution >= 4 is 0 Å². The minimum Gasteiger partial charge on any atom is -0.437 e. The molecule has 0 bridgehead atoms. The minimum atomic E-state index is 0.0165. The van der Waals surface area contributed by atoms with Gasteiger partial charge in [-0.05, 0) is 29.8 Å². The molecule has 4 heteroatoms. The molecule has 0 aliphatic rings. The Morgan fingerprint density at radius 1 is 1.05 bits per heavy atom. The average molecular weight is 295 g/mol. The quantitative estimate of drug-likeness (QED) is 0.767. The Hall–Kier alpha value is -2.59. The molecule has 0 aliphatic heterocycles. The summed E-state index contributed by atoms with van der Waals surface area (Å²) in [5.74, 6) is 2.42. The van der Waals surface area contributed by atoms with Crippen molar-refractivity contribution in [2.45, 2.75) is 20.0 Å². The van der Waals surface area contributed by atoms with Crippen LogP contribution in [0.2, 0.25) is 0 Å². The summed E-state index contributed by atoms with van der Waals surface area (Å²) in [5, 5.41) is 9.06. The Balaban J connectivity index is 1.88. The van der Waals surface area contributed by atoms with Gasteiger partial charge in [-0.25, -0.2) is 0 Å². The summed E-state index contributed by atoms with van der Waals surface area (Å²) >= 11 is 0. The Bertz CT molecular complexity index is 733. The number of ether oxygens (including phenoxy) is 1. The molecule has 0 spiro atoms. The summed E-state index contributed by atoms with van der Waals surface area (Å²) in [6.07, 6.45) is 0.698. The Morgan fingerprint density at radius 3 is 2.41 bits per heavy atom. The zero-order valence-corrected chi connectivity index (χ0v) is 12.3. The van der Waals surface area contributed by atoms with Crippen LogP contribution in [0.4, 0.5) is 0 Å². The highest BCUT2D eigenvalue weighted by Crippen LogP contribution is 2.30. The van der Waals surface area contributed by atoms with Crippen LogP contribution < -0.4 is 4.74 Å². The second-order valence-electron chi connectivity index (χ2n) is 4.87. The maximum Gasteiger partial charge on any atom is 0.262 e. The van der Waals surface area contributed by atoms with Gasteiger partial charge in [0.15, 0.2) is 5.76 Å². The molecule has 0 saturated carbocycles. The normalized spacial score (nSPS) is 10.6. The van der Waals surface area contributed by atoms with E-state index < -0.39 is 0 Å². The van der Waals surface area contributed by atoms with Crippen LogP contribution in [-0.2, 0) is 13.0 Å². The first kappa shape index (κ1) is 14.4. The van der Waals surface area contributed by atoms with Gasteiger partial charge >= 0.3 is 0 Å². The molecule has 1 aromatic heterocycles. The number of rotatable bonds is 5. The number of aromatic nitrogens is 1. The molecular weight excluding hydrogens is 278 g/mol. The monoisotopic (exact) mass is 295 g/mol. The van der Waals surface area contributed by atoms with Crippen molar-refractivity contribution in [3.8, 4) is 23.1 Å². The maximum absolute atomic E-state index is 9.06. The fraction of sp³-hybridized carbons (Fsp3) is 0.167. The van der Waals surface area contributed by atoms with Crippen LogP contribution in [0.25, 0.3) is 11.5 Å². The van der Waals surface area contributed by atoms with E-state index in [0.717, 1.165) is 11.1 Å². The number of benzene rings is 2. The molecule has 4 nitrogen and oxygen atoms in total. The molecule has 0 radical (unpaired) electrons. The molecule has 2 aromatic carbocycles. The van der Waals surface area contributed by atoms with Crippen molar-refractivity contribution in [2.24, 2.45) is 0 Å². The third kappa shape index (κ3) is 3.02. The summed E-state index contributed by atoms with van der Waals surface area (Å²) in [7, 11) is 0. The van der Waals surface area contributed by atoms with Crippen LogP contribution in [0.1, 0.15) is 18.2 Å². The van der Waals surface area contributed by atoms with E-state index in [1.807, 2.05) is 61.5 Å². The van der Waals surface area contributed by atoms with Gasteiger partial charge in [-0.2, -0.15) is 4.98 Å². The second-order valence-corrected chi connectivity index (χ2v) is 4.87. The lowest BCUT2D eigenvalue weighted by atomic mass is 10.2. The van der Waals surface area contributed by atoms with E-state index in [0.29, 0.717) is 29.7 Å². The third-order valence-electron chi connectivity index (χ3n) is 3.32. The summed E-state index contributed by atoms with van der Waals surface area (Å²) in [4.78, 5) is 4.45. The number of oxazole rings is 1. The average Bonchev–Trinajstić information content (AvgIpc) is 2.99. The molecule has 1 N–H and O–H groups in total. The highest BCUT2D eigenvalue weighted by Gasteiger charge is 2.15. The number of aryl methyl sites for hydroxylation is 1. The summed E-state index contributed by atoms with van der Waals surface area (Å²) in [6, 6.07) is 17.0. The molecule has 1 heterocycles. The molecule has 3 aromatic rings. The second kappa shape index (κ2) is 6.45. The van der Waals surface area contributed by atoms with E-state index >= 15 is 0 Å². The smallest absolute Gasteiger partial charge is 0.262 e. The van der Waals surface area contributed by atoms with Crippen LogP contribution in [-0.4, -0.2) is 10.1 Å². The Labute approximate surface area is 129 Å². The van der Waals surface area contributed by atoms with Crippen molar-refractivity contribution in [3.05, 3.63) is 65.9 Å². The lowest BCUT2D eigenvalue weighted by Gasteiger charge is -2.03. The number of aliphatic hydroxyl groups is 1. The van der Waals surface area contributed by atoms with Crippen molar-refractivity contribution in [2.75, 3.05) is 0 Å². The highest BCUT2D eigenvalue weighted by atomic mass is 16.5. The van der Waals surface area contributed by atoms with Crippen LogP contribution >= 0.6 is 0 Å². The van der Waals surface area contributed by atoms with Crippen LogP contribution in [0.3, 0.4) is 0 Å². The topological polar surface area (TPSA) is 55.5 Å². The lowest BCUT2D eigenvalue weighted by Crippen LogP contribution is -1.89. The van der Waals surface area contributed by atoms with E-state index in [4.69, 9.17) is 14.3 Å². The van der Waals surface area contributed by atoms with Gasteiger partial charge in [-0.15, -0.1) is 0 Å². The molecule has 0 saturated heterocycles. The number of hydrogen-bond donors (Lipinski definition) is 1. The van der Waals surface area contributed by atoms with Gasteiger partial charge in [0.25, 0.3) is 5.88 Å². The molecule has 0 aliphatic carbocycles. The molecule has 22 heavy (non-hydrogen) atoms. The number of aliphatic hydroxyl groups excluding tert-OH is 1. The highest BCUT2D eigenvalue weighted by molar-refractivity contribution is 5.54. The first-order chi connectivity index (χ1) is 10.8. The third-order valence-corrected chi connectivity index (χ3v) is 3.32. The number of hydrogen-bond acceptors (Lipinski definition) is 4. The molecule has 0 atom stereocenters. The van der Waals surface area contributed by atoms with Gasteiger partial charge < -0.3 is 14.3 Å². The molecule has 3 rings (SSSR count). The van der Waals surface area contributed by atoms with Crippen LogP contribution in [0, 0.1) is 0 Å². The van der Waals surface area contributed by atoms with E-state index in [9.17, 15) is 0 Å². The molecular formula is C18H17NO3. The Morgan fingerprint density at radius 2 is 1.77 bits per heavy atom. The van der Waals surface area contributed by atoms with Gasteiger partial charge in [0.05, 0.1) is 6.61 Å². The largest absolute Gasteiger partial charge is 0.437 e. The summed E-state index contributed by atoms with van der Waals surface area (Å²) in [5.41, 5.74) is 1.76. The van der Waals surface area contributed by atoms with Crippen molar-refractivity contribution < 1.29 is 14.3 Å². The standard InChI is InChI=1S/C18H17NO3/c1-2-16-18(21-15-10-8-13(12-20)9-11-15)19-17(22-16)14-6-4-3-5-7-14/h3-11,20H,2,12H2,1H3. The maximum atomic E-state index is 9.06. The minimum absolute atomic E-state index is 0.0165. The predicted molar refractivity (Wildman–Crippen MR) is 83.8 cm³/mol. The van der Waals surface area contributed by atoms with Gasteiger partial charge in [-0.3, -0.25) is 0 Å².